The zero-order valence-electron chi connectivity index (χ0n) is 15.0. The quantitative estimate of drug-likeness (QED) is 0.761. The van der Waals surface area contributed by atoms with Gasteiger partial charge in [-0.05, 0) is 18.4 Å². The van der Waals surface area contributed by atoms with E-state index in [2.05, 4.69) is 46.6 Å². The molecule has 1 amide bonds. The van der Waals surface area contributed by atoms with E-state index in [1.54, 1.807) is 6.92 Å². The van der Waals surface area contributed by atoms with Crippen LogP contribution in [0.3, 0.4) is 0 Å². The van der Waals surface area contributed by atoms with Crippen LogP contribution in [0.1, 0.15) is 31.4 Å². The van der Waals surface area contributed by atoms with Gasteiger partial charge in [-0.2, -0.15) is 5.10 Å². The summed E-state index contributed by atoms with van der Waals surface area (Å²) in [6.45, 7) is 3.28. The zero-order valence-corrected chi connectivity index (χ0v) is 15.0. The second-order valence-electron chi connectivity index (χ2n) is 6.87. The van der Waals surface area contributed by atoms with E-state index in [1.165, 1.54) is 16.8 Å². The van der Waals surface area contributed by atoms with Crippen molar-refractivity contribution in [2.24, 2.45) is 0 Å². The second-order valence-corrected chi connectivity index (χ2v) is 6.87. The van der Waals surface area contributed by atoms with Crippen LogP contribution in [0.25, 0.3) is 22.4 Å². The number of benzene rings is 2. The first-order chi connectivity index (χ1) is 12.7. The summed E-state index contributed by atoms with van der Waals surface area (Å²) in [6.07, 6.45) is 1.94. The van der Waals surface area contributed by atoms with Gasteiger partial charge in [-0.1, -0.05) is 60.7 Å². The molecule has 1 fully saturated rings. The molecular weight excluding hydrogens is 322 g/mol. The van der Waals surface area contributed by atoms with Gasteiger partial charge in [-0.15, -0.1) is 0 Å². The molecule has 132 valence electrons. The molecular formula is C22H23N3O. The molecule has 2 heterocycles. The van der Waals surface area contributed by atoms with Crippen molar-refractivity contribution >= 4 is 5.91 Å². The number of carbonyl (C=O) groups excluding carboxylic acids is 1. The summed E-state index contributed by atoms with van der Waals surface area (Å²) in [5.41, 5.74) is 5.69. The lowest BCUT2D eigenvalue weighted by Crippen LogP contribution is -2.36. The van der Waals surface area contributed by atoms with Crippen LogP contribution in [0.15, 0.2) is 60.7 Å². The van der Waals surface area contributed by atoms with Crippen molar-refractivity contribution in [3.8, 4) is 22.4 Å². The van der Waals surface area contributed by atoms with E-state index >= 15 is 0 Å². The van der Waals surface area contributed by atoms with E-state index < -0.39 is 0 Å². The van der Waals surface area contributed by atoms with Crippen LogP contribution < -0.4 is 0 Å². The van der Waals surface area contributed by atoms with Crippen LogP contribution in [-0.4, -0.2) is 34.1 Å². The fourth-order valence-electron chi connectivity index (χ4n) is 3.84. The molecule has 0 unspecified atom stereocenters. The van der Waals surface area contributed by atoms with Crippen molar-refractivity contribution in [3.63, 3.8) is 0 Å². The van der Waals surface area contributed by atoms with Gasteiger partial charge in [0.25, 0.3) is 0 Å². The van der Waals surface area contributed by atoms with Gasteiger partial charge < -0.3 is 4.90 Å². The Morgan fingerprint density at radius 2 is 1.54 bits per heavy atom. The highest BCUT2D eigenvalue weighted by Gasteiger charge is 2.27. The van der Waals surface area contributed by atoms with Crippen LogP contribution >= 0.6 is 0 Å². The number of hydrogen-bond donors (Lipinski definition) is 1. The van der Waals surface area contributed by atoms with Gasteiger partial charge >= 0.3 is 0 Å². The molecule has 3 aromatic rings. The third-order valence-electron chi connectivity index (χ3n) is 5.25. The lowest BCUT2D eigenvalue weighted by molar-refractivity contribution is -0.129. The van der Waals surface area contributed by atoms with Crippen molar-refractivity contribution in [2.75, 3.05) is 13.1 Å². The summed E-state index contributed by atoms with van der Waals surface area (Å²) in [7, 11) is 0. The van der Waals surface area contributed by atoms with Crippen molar-refractivity contribution in [1.82, 2.24) is 15.1 Å². The number of nitrogens with zero attached hydrogens (tertiary/aromatic N) is 2. The van der Waals surface area contributed by atoms with Gasteiger partial charge in [0.15, 0.2) is 0 Å². The fourth-order valence-corrected chi connectivity index (χ4v) is 3.84. The summed E-state index contributed by atoms with van der Waals surface area (Å²) in [6, 6.07) is 20.8. The smallest absolute Gasteiger partial charge is 0.219 e. The highest BCUT2D eigenvalue weighted by atomic mass is 16.2. The number of nitrogens with one attached hydrogen (secondary N) is 1. The summed E-state index contributed by atoms with van der Waals surface area (Å²) >= 11 is 0. The maximum Gasteiger partial charge on any atom is 0.219 e. The SMILES string of the molecule is CC(=O)N1CCC(c2[nH]nc(-c3ccccc3)c2-c2ccccc2)CC1. The van der Waals surface area contributed by atoms with Gasteiger partial charge in [0.2, 0.25) is 5.91 Å². The topological polar surface area (TPSA) is 49.0 Å². The number of H-pyrrole nitrogens is 1. The predicted molar refractivity (Wildman–Crippen MR) is 104 cm³/mol. The lowest BCUT2D eigenvalue weighted by Gasteiger charge is -2.31. The summed E-state index contributed by atoms with van der Waals surface area (Å²) in [5, 5.41) is 8.02. The largest absolute Gasteiger partial charge is 0.343 e. The number of aromatic amines is 1. The monoisotopic (exact) mass is 345 g/mol. The number of likely N-dealkylation sites (tertiary alicyclic amines) is 1. The van der Waals surface area contributed by atoms with E-state index in [1.807, 2.05) is 29.2 Å². The Hall–Kier alpha value is -2.88. The van der Waals surface area contributed by atoms with Gasteiger partial charge in [-0.3, -0.25) is 9.89 Å². The van der Waals surface area contributed by atoms with Crippen LogP contribution in [0, 0.1) is 0 Å². The molecule has 0 bridgehead atoms. The molecule has 0 saturated carbocycles. The predicted octanol–water partition coefficient (Wildman–Crippen LogP) is 4.47. The molecule has 1 saturated heterocycles. The molecule has 1 aliphatic heterocycles. The normalized spacial score (nSPS) is 15.2. The Bertz CT molecular complexity index is 878. The molecule has 1 aromatic heterocycles. The second kappa shape index (κ2) is 7.16. The van der Waals surface area contributed by atoms with E-state index in [0.717, 1.165) is 37.2 Å². The zero-order chi connectivity index (χ0) is 17.9. The van der Waals surface area contributed by atoms with E-state index in [4.69, 9.17) is 0 Å². The van der Waals surface area contributed by atoms with Crippen molar-refractivity contribution in [1.29, 1.82) is 0 Å². The standard InChI is InChI=1S/C22H23N3O/c1-16(26)25-14-12-19(13-15-25)22-20(17-8-4-2-5-9-17)21(23-24-22)18-10-6-3-7-11-18/h2-11,19H,12-15H2,1H3,(H,23,24). The molecule has 1 N–H and O–H groups in total. The first-order valence-electron chi connectivity index (χ1n) is 9.18. The maximum absolute atomic E-state index is 11.6. The van der Waals surface area contributed by atoms with Crippen molar-refractivity contribution < 1.29 is 4.79 Å². The number of aromatic nitrogens is 2. The average Bonchev–Trinajstić information content (AvgIpc) is 3.14. The van der Waals surface area contributed by atoms with E-state index in [9.17, 15) is 4.79 Å². The minimum Gasteiger partial charge on any atom is -0.343 e. The molecule has 0 radical (unpaired) electrons. The van der Waals surface area contributed by atoms with Gasteiger partial charge in [0.1, 0.15) is 5.69 Å². The molecule has 0 spiro atoms. The van der Waals surface area contributed by atoms with Crippen LogP contribution in [0.4, 0.5) is 0 Å². The lowest BCUT2D eigenvalue weighted by atomic mass is 9.87. The first-order valence-corrected chi connectivity index (χ1v) is 9.18. The molecule has 4 nitrogen and oxygen atoms in total. The Labute approximate surface area is 153 Å². The highest BCUT2D eigenvalue weighted by molar-refractivity contribution is 5.83. The Balaban J connectivity index is 1.74. The van der Waals surface area contributed by atoms with Crippen LogP contribution in [0.5, 0.6) is 0 Å². The van der Waals surface area contributed by atoms with Crippen LogP contribution in [-0.2, 0) is 4.79 Å². The Morgan fingerprint density at radius 3 is 2.12 bits per heavy atom. The minimum atomic E-state index is 0.168. The Kier molecular flexibility index (Phi) is 4.57. The number of amides is 1. The molecule has 26 heavy (non-hydrogen) atoms. The van der Waals surface area contributed by atoms with E-state index in [0.29, 0.717) is 5.92 Å². The van der Waals surface area contributed by atoms with E-state index in [-0.39, 0.29) is 5.91 Å². The number of rotatable bonds is 3. The number of carbonyl (C=O) groups is 1. The number of hydrogen-bond acceptors (Lipinski definition) is 2. The third-order valence-corrected chi connectivity index (χ3v) is 5.25. The third kappa shape index (κ3) is 3.15. The van der Waals surface area contributed by atoms with Crippen LogP contribution in [0.2, 0.25) is 0 Å². The van der Waals surface area contributed by atoms with Gasteiger partial charge in [-0.25, -0.2) is 0 Å². The molecule has 1 aliphatic rings. The maximum atomic E-state index is 11.6. The van der Waals surface area contributed by atoms with Gasteiger partial charge in [0.05, 0.1) is 0 Å². The molecule has 4 heteroatoms. The highest BCUT2D eigenvalue weighted by Crippen LogP contribution is 2.39. The van der Waals surface area contributed by atoms with Crippen molar-refractivity contribution in [2.45, 2.75) is 25.7 Å². The number of piperidine rings is 1. The van der Waals surface area contributed by atoms with Crippen molar-refractivity contribution in [3.05, 3.63) is 66.4 Å². The summed E-state index contributed by atoms with van der Waals surface area (Å²) in [5.74, 6) is 0.562. The average molecular weight is 345 g/mol. The molecule has 0 atom stereocenters. The summed E-state index contributed by atoms with van der Waals surface area (Å²) in [4.78, 5) is 13.6. The first kappa shape index (κ1) is 16.6. The minimum absolute atomic E-state index is 0.168. The molecule has 2 aromatic carbocycles. The molecule has 0 aliphatic carbocycles. The Morgan fingerprint density at radius 1 is 0.962 bits per heavy atom. The molecule has 4 rings (SSSR count). The summed E-state index contributed by atoms with van der Waals surface area (Å²) < 4.78 is 0. The van der Waals surface area contributed by atoms with Gasteiger partial charge in [0, 0.05) is 42.8 Å². The fraction of sp³-hybridized carbons (Fsp3) is 0.273.